The molecule has 0 radical (unpaired) electrons. The zero-order valence-corrected chi connectivity index (χ0v) is 11.7. The monoisotopic (exact) mass is 360 g/mol. The maximum Gasteiger partial charge on any atom is 0.335 e. The van der Waals surface area contributed by atoms with Crippen molar-refractivity contribution >= 4 is 40.2 Å². The number of rotatable bonds is 3. The molecule has 0 bridgehead atoms. The van der Waals surface area contributed by atoms with Gasteiger partial charge in [-0.1, -0.05) is 0 Å². The topological polar surface area (TPSA) is 78.4 Å². The third kappa shape index (κ3) is 2.99. The standard InChI is InChI=1S/C12H13IN2O3/c13-8-4-3-7(12(17)18)6-10(8)15-11(16)9-2-1-5-14-9/h3-4,6,9,14H,1-2,5H2,(H,15,16)(H,17,18)/t9-/m0/s1. The van der Waals surface area contributed by atoms with Gasteiger partial charge in [0, 0.05) is 3.57 Å². The lowest BCUT2D eigenvalue weighted by Crippen LogP contribution is -2.35. The highest BCUT2D eigenvalue weighted by atomic mass is 127. The quantitative estimate of drug-likeness (QED) is 0.717. The Labute approximate surface area is 118 Å². The van der Waals surface area contributed by atoms with Crippen molar-refractivity contribution in [3.63, 3.8) is 0 Å². The van der Waals surface area contributed by atoms with E-state index in [0.717, 1.165) is 23.0 Å². The summed E-state index contributed by atoms with van der Waals surface area (Å²) in [5.74, 6) is -1.10. The summed E-state index contributed by atoms with van der Waals surface area (Å²) in [6.07, 6.45) is 1.81. The van der Waals surface area contributed by atoms with Crippen LogP contribution in [0.25, 0.3) is 0 Å². The molecule has 0 unspecified atom stereocenters. The minimum Gasteiger partial charge on any atom is -0.478 e. The Bertz CT molecular complexity index is 484. The molecule has 6 heteroatoms. The smallest absolute Gasteiger partial charge is 0.335 e. The molecule has 1 heterocycles. The van der Waals surface area contributed by atoms with Crippen molar-refractivity contribution in [2.75, 3.05) is 11.9 Å². The second-order valence-electron chi connectivity index (χ2n) is 4.14. The molecule has 1 fully saturated rings. The van der Waals surface area contributed by atoms with E-state index >= 15 is 0 Å². The zero-order valence-electron chi connectivity index (χ0n) is 9.57. The number of carboxylic acids is 1. The Morgan fingerprint density at radius 1 is 1.44 bits per heavy atom. The summed E-state index contributed by atoms with van der Waals surface area (Å²) in [5.41, 5.74) is 0.722. The Morgan fingerprint density at radius 2 is 2.22 bits per heavy atom. The summed E-state index contributed by atoms with van der Waals surface area (Å²) in [5, 5.41) is 14.8. The minimum absolute atomic E-state index is 0.104. The molecule has 0 saturated carbocycles. The predicted molar refractivity (Wildman–Crippen MR) is 75.8 cm³/mol. The second-order valence-corrected chi connectivity index (χ2v) is 5.30. The fourth-order valence-corrected chi connectivity index (χ4v) is 2.35. The van der Waals surface area contributed by atoms with Gasteiger partial charge >= 0.3 is 5.97 Å². The summed E-state index contributed by atoms with van der Waals surface area (Å²) in [6, 6.07) is 4.51. The fourth-order valence-electron chi connectivity index (χ4n) is 1.88. The van der Waals surface area contributed by atoms with Gasteiger partial charge in [0.05, 0.1) is 17.3 Å². The number of hydrogen-bond acceptors (Lipinski definition) is 3. The average Bonchev–Trinajstić information content (AvgIpc) is 2.85. The molecule has 1 aliphatic rings. The van der Waals surface area contributed by atoms with E-state index in [-0.39, 0.29) is 17.5 Å². The van der Waals surface area contributed by atoms with Crippen molar-refractivity contribution in [1.82, 2.24) is 5.32 Å². The number of nitrogens with one attached hydrogen (secondary N) is 2. The number of halogens is 1. The Kier molecular flexibility index (Phi) is 4.18. The van der Waals surface area contributed by atoms with E-state index in [9.17, 15) is 9.59 Å². The molecule has 0 spiro atoms. The number of carbonyl (C=O) groups excluding carboxylic acids is 1. The average molecular weight is 360 g/mol. The van der Waals surface area contributed by atoms with Crippen molar-refractivity contribution in [3.8, 4) is 0 Å². The van der Waals surface area contributed by atoms with Crippen LogP contribution in [-0.4, -0.2) is 29.6 Å². The van der Waals surface area contributed by atoms with Crippen LogP contribution < -0.4 is 10.6 Å². The van der Waals surface area contributed by atoms with Gasteiger partial charge in [0.15, 0.2) is 0 Å². The number of aromatic carboxylic acids is 1. The third-order valence-corrected chi connectivity index (χ3v) is 3.79. The molecule has 96 valence electrons. The molecule has 5 nitrogen and oxygen atoms in total. The predicted octanol–water partition coefficient (Wildman–Crippen LogP) is 1.68. The van der Waals surface area contributed by atoms with Crippen LogP contribution in [0.15, 0.2) is 18.2 Å². The van der Waals surface area contributed by atoms with Gasteiger partial charge in [-0.15, -0.1) is 0 Å². The third-order valence-electron chi connectivity index (χ3n) is 2.85. The van der Waals surface area contributed by atoms with E-state index in [1.54, 1.807) is 6.07 Å². The van der Waals surface area contributed by atoms with Gasteiger partial charge in [0.2, 0.25) is 5.91 Å². The van der Waals surface area contributed by atoms with Gasteiger partial charge in [-0.2, -0.15) is 0 Å². The molecule has 18 heavy (non-hydrogen) atoms. The van der Waals surface area contributed by atoms with Crippen LogP contribution in [-0.2, 0) is 4.79 Å². The van der Waals surface area contributed by atoms with Gasteiger partial charge in [0.1, 0.15) is 0 Å². The first kappa shape index (κ1) is 13.3. The van der Waals surface area contributed by atoms with E-state index in [1.807, 2.05) is 0 Å². The van der Waals surface area contributed by atoms with Crippen LogP contribution in [0.3, 0.4) is 0 Å². The summed E-state index contributed by atoms with van der Waals surface area (Å²) in [6.45, 7) is 0.852. The number of hydrogen-bond donors (Lipinski definition) is 3. The number of amides is 1. The molecule has 2 rings (SSSR count). The molecule has 3 N–H and O–H groups in total. The number of carboxylic acid groups (broad SMARTS) is 1. The van der Waals surface area contributed by atoms with Gasteiger partial charge in [-0.3, -0.25) is 4.79 Å². The summed E-state index contributed by atoms with van der Waals surface area (Å²) in [4.78, 5) is 22.8. The lowest BCUT2D eigenvalue weighted by Gasteiger charge is -2.12. The molecular weight excluding hydrogens is 347 g/mol. The molecule has 1 aliphatic heterocycles. The Morgan fingerprint density at radius 3 is 2.83 bits per heavy atom. The van der Waals surface area contributed by atoms with Crippen LogP contribution >= 0.6 is 22.6 Å². The van der Waals surface area contributed by atoms with Gasteiger partial charge in [0.25, 0.3) is 0 Å². The molecule has 1 saturated heterocycles. The number of benzene rings is 1. The van der Waals surface area contributed by atoms with Gasteiger partial charge < -0.3 is 15.7 Å². The SMILES string of the molecule is O=C(O)c1ccc(I)c(NC(=O)[C@@H]2CCCN2)c1. The molecule has 1 atom stereocenters. The maximum absolute atomic E-state index is 11.9. The van der Waals surface area contributed by atoms with Crippen molar-refractivity contribution in [2.24, 2.45) is 0 Å². The normalized spacial score (nSPS) is 18.6. The van der Waals surface area contributed by atoms with E-state index < -0.39 is 5.97 Å². The Hall–Kier alpha value is -1.15. The number of anilines is 1. The lowest BCUT2D eigenvalue weighted by molar-refractivity contribution is -0.117. The van der Waals surface area contributed by atoms with Crippen LogP contribution in [0.2, 0.25) is 0 Å². The van der Waals surface area contributed by atoms with Crippen molar-refractivity contribution < 1.29 is 14.7 Å². The molecule has 0 aromatic heterocycles. The van der Waals surface area contributed by atoms with Gasteiger partial charge in [-0.25, -0.2) is 4.79 Å². The van der Waals surface area contributed by atoms with E-state index in [0.29, 0.717) is 5.69 Å². The summed E-state index contributed by atoms with van der Waals surface area (Å²) < 4.78 is 0.823. The van der Waals surface area contributed by atoms with Crippen LogP contribution in [0.1, 0.15) is 23.2 Å². The highest BCUT2D eigenvalue weighted by molar-refractivity contribution is 14.1. The highest BCUT2D eigenvalue weighted by Gasteiger charge is 2.22. The first-order valence-corrected chi connectivity index (χ1v) is 6.73. The fraction of sp³-hybridized carbons (Fsp3) is 0.333. The van der Waals surface area contributed by atoms with Crippen LogP contribution in [0.5, 0.6) is 0 Å². The van der Waals surface area contributed by atoms with E-state index in [4.69, 9.17) is 5.11 Å². The minimum atomic E-state index is -0.999. The number of carbonyl (C=O) groups is 2. The highest BCUT2D eigenvalue weighted by Crippen LogP contribution is 2.21. The van der Waals surface area contributed by atoms with Crippen molar-refractivity contribution in [2.45, 2.75) is 18.9 Å². The van der Waals surface area contributed by atoms with E-state index in [2.05, 4.69) is 33.2 Å². The molecule has 1 amide bonds. The largest absolute Gasteiger partial charge is 0.478 e. The lowest BCUT2D eigenvalue weighted by atomic mass is 10.2. The first-order valence-electron chi connectivity index (χ1n) is 5.65. The molecule has 0 aliphatic carbocycles. The van der Waals surface area contributed by atoms with Crippen molar-refractivity contribution in [3.05, 3.63) is 27.3 Å². The molecule has 1 aromatic rings. The van der Waals surface area contributed by atoms with Gasteiger partial charge in [-0.05, 0) is 60.2 Å². The maximum atomic E-state index is 11.9. The van der Waals surface area contributed by atoms with Crippen LogP contribution in [0.4, 0.5) is 5.69 Å². The summed E-state index contributed by atoms with van der Waals surface area (Å²) >= 11 is 2.07. The second kappa shape index (κ2) is 5.66. The Balaban J connectivity index is 2.14. The van der Waals surface area contributed by atoms with Crippen LogP contribution in [0, 0.1) is 3.57 Å². The molecule has 1 aromatic carbocycles. The molecular formula is C12H13IN2O3. The summed E-state index contributed by atoms with van der Waals surface area (Å²) in [7, 11) is 0. The zero-order chi connectivity index (χ0) is 13.1. The van der Waals surface area contributed by atoms with Crippen molar-refractivity contribution in [1.29, 1.82) is 0 Å². The first-order chi connectivity index (χ1) is 8.58. The van der Waals surface area contributed by atoms with E-state index in [1.165, 1.54) is 12.1 Å².